The first-order valence-corrected chi connectivity index (χ1v) is 6.95. The zero-order valence-electron chi connectivity index (χ0n) is 11.3. The number of rotatable bonds is 2. The van der Waals surface area contributed by atoms with Crippen LogP contribution in [-0.2, 0) is 0 Å². The van der Waals surface area contributed by atoms with Gasteiger partial charge in [0.2, 0.25) is 0 Å². The molecule has 5 nitrogen and oxygen atoms in total. The molecule has 108 valence electrons. The van der Waals surface area contributed by atoms with Crippen LogP contribution in [0.4, 0.5) is 10.1 Å². The number of benzene rings is 1. The van der Waals surface area contributed by atoms with Crippen LogP contribution in [-0.4, -0.2) is 48.2 Å². The summed E-state index contributed by atoms with van der Waals surface area (Å²) >= 11 is 0. The molecule has 2 heterocycles. The van der Waals surface area contributed by atoms with Crippen LogP contribution >= 0.6 is 0 Å². The minimum Gasteiger partial charge on any atom is -0.409 e. The van der Waals surface area contributed by atoms with Crippen LogP contribution in [0.3, 0.4) is 0 Å². The van der Waals surface area contributed by atoms with Crippen molar-refractivity contribution < 1.29 is 9.60 Å². The van der Waals surface area contributed by atoms with Crippen molar-refractivity contribution in [1.29, 1.82) is 0 Å². The van der Waals surface area contributed by atoms with Gasteiger partial charge in [0.05, 0.1) is 0 Å². The number of oxime groups is 1. The number of fused-ring (bicyclic) bond motifs is 1. The molecule has 1 aromatic rings. The van der Waals surface area contributed by atoms with Gasteiger partial charge >= 0.3 is 0 Å². The Labute approximate surface area is 117 Å². The molecule has 3 N–H and O–H groups in total. The van der Waals surface area contributed by atoms with E-state index in [-0.39, 0.29) is 11.7 Å². The lowest BCUT2D eigenvalue weighted by Gasteiger charge is -2.39. The summed E-state index contributed by atoms with van der Waals surface area (Å²) in [5.41, 5.74) is 6.97. The topological polar surface area (TPSA) is 65.1 Å². The summed E-state index contributed by atoms with van der Waals surface area (Å²) in [6.07, 6.45) is 2.45. The van der Waals surface area contributed by atoms with Crippen molar-refractivity contribution in [1.82, 2.24) is 4.90 Å². The van der Waals surface area contributed by atoms with Crippen LogP contribution in [0.15, 0.2) is 23.4 Å². The lowest BCUT2D eigenvalue weighted by molar-refractivity contribution is 0.231. The van der Waals surface area contributed by atoms with E-state index >= 15 is 0 Å². The average molecular weight is 278 g/mol. The molecule has 2 aliphatic rings. The maximum absolute atomic E-state index is 13.4. The first-order valence-electron chi connectivity index (χ1n) is 6.95. The predicted molar refractivity (Wildman–Crippen MR) is 75.7 cm³/mol. The second-order valence-electron chi connectivity index (χ2n) is 5.42. The van der Waals surface area contributed by atoms with E-state index in [1.807, 2.05) is 0 Å². The molecule has 1 atom stereocenters. The van der Waals surface area contributed by atoms with Crippen molar-refractivity contribution in [3.8, 4) is 0 Å². The summed E-state index contributed by atoms with van der Waals surface area (Å²) in [5.74, 6) is -0.428. The summed E-state index contributed by atoms with van der Waals surface area (Å²) in [7, 11) is 0. The number of piperazine rings is 1. The third kappa shape index (κ3) is 2.31. The minimum absolute atomic E-state index is 0.0478. The van der Waals surface area contributed by atoms with Gasteiger partial charge in [0.25, 0.3) is 0 Å². The molecule has 20 heavy (non-hydrogen) atoms. The second kappa shape index (κ2) is 5.28. The zero-order valence-corrected chi connectivity index (χ0v) is 11.3. The molecule has 0 saturated carbocycles. The molecule has 1 unspecified atom stereocenters. The van der Waals surface area contributed by atoms with Gasteiger partial charge in [-0.3, -0.25) is 4.90 Å². The molecule has 1 aromatic carbocycles. The Morgan fingerprint density at radius 3 is 3.00 bits per heavy atom. The molecule has 2 aliphatic heterocycles. The van der Waals surface area contributed by atoms with Gasteiger partial charge in [0.1, 0.15) is 5.82 Å². The van der Waals surface area contributed by atoms with Crippen molar-refractivity contribution in [2.75, 3.05) is 31.1 Å². The maximum Gasteiger partial charge on any atom is 0.172 e. The van der Waals surface area contributed by atoms with E-state index < -0.39 is 0 Å². The summed E-state index contributed by atoms with van der Waals surface area (Å²) in [4.78, 5) is 4.71. The predicted octanol–water partition coefficient (Wildman–Crippen LogP) is 1.20. The number of hydrogen-bond acceptors (Lipinski definition) is 4. The Kier molecular flexibility index (Phi) is 3.48. The van der Waals surface area contributed by atoms with Crippen LogP contribution < -0.4 is 10.6 Å². The van der Waals surface area contributed by atoms with Crippen molar-refractivity contribution in [3.05, 3.63) is 29.6 Å². The number of halogens is 1. The molecule has 0 bridgehead atoms. The van der Waals surface area contributed by atoms with Crippen LogP contribution in [0.1, 0.15) is 18.4 Å². The summed E-state index contributed by atoms with van der Waals surface area (Å²) in [5, 5.41) is 11.9. The monoisotopic (exact) mass is 278 g/mol. The van der Waals surface area contributed by atoms with Gasteiger partial charge in [-0.2, -0.15) is 0 Å². The second-order valence-corrected chi connectivity index (χ2v) is 5.42. The third-order valence-electron chi connectivity index (χ3n) is 4.27. The molecule has 0 radical (unpaired) electrons. The largest absolute Gasteiger partial charge is 0.409 e. The SMILES string of the molecule is N/C(=N/O)c1cc(F)ccc1N1CCN2CCCC2C1. The van der Waals surface area contributed by atoms with Crippen molar-refractivity contribution in [2.24, 2.45) is 10.9 Å². The molecule has 0 spiro atoms. The highest BCUT2D eigenvalue weighted by molar-refractivity contribution is 6.02. The number of hydrogen-bond donors (Lipinski definition) is 2. The van der Waals surface area contributed by atoms with E-state index in [1.165, 1.54) is 31.5 Å². The normalized spacial score (nSPS) is 23.9. The van der Waals surface area contributed by atoms with Gasteiger partial charge in [-0.05, 0) is 37.6 Å². The third-order valence-corrected chi connectivity index (χ3v) is 4.27. The molecule has 2 saturated heterocycles. The van der Waals surface area contributed by atoms with Gasteiger partial charge in [0.15, 0.2) is 5.84 Å². The summed E-state index contributed by atoms with van der Waals surface area (Å²) < 4.78 is 13.4. The molecule has 0 amide bonds. The van der Waals surface area contributed by atoms with Gasteiger partial charge in [0, 0.05) is 36.9 Å². The number of amidine groups is 1. The minimum atomic E-state index is -0.380. The first-order chi connectivity index (χ1) is 9.69. The Hall–Kier alpha value is -1.82. The molecule has 0 aromatic heterocycles. The van der Waals surface area contributed by atoms with E-state index in [2.05, 4.69) is 15.0 Å². The Bertz CT molecular complexity index is 534. The van der Waals surface area contributed by atoms with Gasteiger partial charge in [-0.1, -0.05) is 5.16 Å². The maximum atomic E-state index is 13.4. The zero-order chi connectivity index (χ0) is 14.1. The fraction of sp³-hybridized carbons (Fsp3) is 0.500. The quantitative estimate of drug-likeness (QED) is 0.369. The standard InChI is InChI=1S/C14H19FN4O/c15-10-3-4-13(12(8-10)14(16)17-20)19-7-6-18-5-1-2-11(18)9-19/h3-4,8,11,20H,1-2,5-7,9H2,(H2,16,17). The van der Waals surface area contributed by atoms with Crippen LogP contribution in [0.25, 0.3) is 0 Å². The number of nitrogens with two attached hydrogens (primary N) is 1. The highest BCUT2D eigenvalue weighted by Crippen LogP contribution is 2.28. The highest BCUT2D eigenvalue weighted by Gasteiger charge is 2.31. The Balaban J connectivity index is 1.90. The number of nitrogens with zero attached hydrogens (tertiary/aromatic N) is 3. The first kappa shape index (κ1) is 13.2. The van der Waals surface area contributed by atoms with E-state index in [9.17, 15) is 4.39 Å². The summed E-state index contributed by atoms with van der Waals surface area (Å²) in [6.45, 7) is 3.98. The fourth-order valence-corrected chi connectivity index (χ4v) is 3.25. The van der Waals surface area contributed by atoms with Crippen molar-refractivity contribution in [3.63, 3.8) is 0 Å². The lowest BCUT2D eigenvalue weighted by Crippen LogP contribution is -2.50. The van der Waals surface area contributed by atoms with Gasteiger partial charge in [-0.25, -0.2) is 4.39 Å². The molecular formula is C14H19FN4O. The van der Waals surface area contributed by atoms with E-state index in [0.717, 1.165) is 25.3 Å². The lowest BCUT2D eigenvalue weighted by atomic mass is 10.1. The van der Waals surface area contributed by atoms with Gasteiger partial charge < -0.3 is 15.8 Å². The molecule has 3 rings (SSSR count). The van der Waals surface area contributed by atoms with E-state index in [1.54, 1.807) is 6.07 Å². The van der Waals surface area contributed by atoms with Crippen LogP contribution in [0.5, 0.6) is 0 Å². The smallest absolute Gasteiger partial charge is 0.172 e. The molecule has 2 fully saturated rings. The molecule has 6 heteroatoms. The van der Waals surface area contributed by atoms with Crippen molar-refractivity contribution >= 4 is 11.5 Å². The number of anilines is 1. The van der Waals surface area contributed by atoms with E-state index in [4.69, 9.17) is 10.9 Å². The average Bonchev–Trinajstić information content (AvgIpc) is 2.93. The van der Waals surface area contributed by atoms with Gasteiger partial charge in [-0.15, -0.1) is 0 Å². The van der Waals surface area contributed by atoms with Crippen LogP contribution in [0, 0.1) is 5.82 Å². The molecular weight excluding hydrogens is 259 g/mol. The highest BCUT2D eigenvalue weighted by atomic mass is 19.1. The Morgan fingerprint density at radius 1 is 1.35 bits per heavy atom. The fourth-order valence-electron chi connectivity index (χ4n) is 3.25. The Morgan fingerprint density at radius 2 is 2.20 bits per heavy atom. The van der Waals surface area contributed by atoms with E-state index in [0.29, 0.717) is 11.6 Å². The van der Waals surface area contributed by atoms with Crippen molar-refractivity contribution in [2.45, 2.75) is 18.9 Å². The summed E-state index contributed by atoms with van der Waals surface area (Å²) in [6, 6.07) is 5.03. The van der Waals surface area contributed by atoms with Crippen LogP contribution in [0.2, 0.25) is 0 Å². The molecule has 0 aliphatic carbocycles.